The van der Waals surface area contributed by atoms with Gasteiger partial charge in [-0.25, -0.2) is 0 Å². The summed E-state index contributed by atoms with van der Waals surface area (Å²) in [5, 5.41) is -0.245. The Labute approximate surface area is 66.1 Å². The highest BCUT2D eigenvalue weighted by atomic mass is 35.5. The third-order valence-electron chi connectivity index (χ3n) is 1.68. The monoisotopic (exact) mass is 158 g/mol. The highest BCUT2D eigenvalue weighted by Gasteiger charge is 2.37. The maximum Gasteiger partial charge on any atom is 0.232 e. The van der Waals surface area contributed by atoms with E-state index in [1.165, 1.54) is 5.57 Å². The first kappa shape index (κ1) is 7.80. The van der Waals surface area contributed by atoms with E-state index in [2.05, 4.69) is 20.8 Å². The van der Waals surface area contributed by atoms with Gasteiger partial charge in [0.05, 0.1) is 5.92 Å². The Hall–Kier alpha value is -0.300. The number of carbonyl (C=O) groups is 1. The van der Waals surface area contributed by atoms with E-state index in [9.17, 15) is 4.79 Å². The lowest BCUT2D eigenvalue weighted by Crippen LogP contribution is -2.07. The van der Waals surface area contributed by atoms with E-state index < -0.39 is 0 Å². The van der Waals surface area contributed by atoms with Gasteiger partial charge in [-0.1, -0.05) is 32.4 Å². The SMILES string of the molecule is CC(C)(C)C1=CC1C(=O)Cl. The average molecular weight is 159 g/mol. The average Bonchev–Trinajstić information content (AvgIpc) is 2.35. The topological polar surface area (TPSA) is 17.1 Å². The Bertz CT molecular complexity index is 198. The molecule has 0 radical (unpaired) electrons. The van der Waals surface area contributed by atoms with Crippen LogP contribution in [-0.4, -0.2) is 5.24 Å². The molecule has 0 N–H and O–H groups in total. The van der Waals surface area contributed by atoms with Crippen molar-refractivity contribution in [1.29, 1.82) is 0 Å². The molecule has 0 spiro atoms. The molecule has 1 unspecified atom stereocenters. The van der Waals surface area contributed by atoms with Crippen LogP contribution < -0.4 is 0 Å². The first-order valence-electron chi connectivity index (χ1n) is 3.34. The molecule has 10 heavy (non-hydrogen) atoms. The van der Waals surface area contributed by atoms with Crippen LogP contribution in [0.25, 0.3) is 0 Å². The lowest BCUT2D eigenvalue weighted by Gasteiger charge is -2.14. The fourth-order valence-electron chi connectivity index (χ4n) is 1.04. The Morgan fingerprint density at radius 1 is 1.60 bits per heavy atom. The minimum atomic E-state index is -0.245. The van der Waals surface area contributed by atoms with Crippen LogP contribution in [0.15, 0.2) is 11.6 Å². The molecule has 0 fully saturated rings. The quantitative estimate of drug-likeness (QED) is 0.423. The van der Waals surface area contributed by atoms with Crippen molar-refractivity contribution in [2.75, 3.05) is 0 Å². The molecule has 56 valence electrons. The summed E-state index contributed by atoms with van der Waals surface area (Å²) in [6.45, 7) is 6.25. The Morgan fingerprint density at radius 2 is 2.10 bits per heavy atom. The lowest BCUT2D eigenvalue weighted by molar-refractivity contribution is -0.112. The van der Waals surface area contributed by atoms with E-state index in [1.54, 1.807) is 0 Å². The summed E-state index contributed by atoms with van der Waals surface area (Å²) < 4.78 is 0. The number of hydrogen-bond donors (Lipinski definition) is 0. The second-order valence-corrected chi connectivity index (χ2v) is 4.03. The number of rotatable bonds is 1. The second-order valence-electron chi connectivity index (χ2n) is 3.65. The zero-order chi connectivity index (χ0) is 7.94. The fourth-order valence-corrected chi connectivity index (χ4v) is 1.22. The summed E-state index contributed by atoms with van der Waals surface area (Å²) in [6, 6.07) is 0. The van der Waals surface area contributed by atoms with Crippen LogP contribution in [0.2, 0.25) is 0 Å². The van der Waals surface area contributed by atoms with Crippen LogP contribution in [0.1, 0.15) is 20.8 Å². The van der Waals surface area contributed by atoms with Crippen molar-refractivity contribution >= 4 is 16.8 Å². The molecule has 0 aromatic carbocycles. The Balaban J connectivity index is 2.53. The van der Waals surface area contributed by atoms with Gasteiger partial charge < -0.3 is 0 Å². The van der Waals surface area contributed by atoms with Crippen molar-refractivity contribution in [1.82, 2.24) is 0 Å². The fraction of sp³-hybridized carbons (Fsp3) is 0.625. The van der Waals surface area contributed by atoms with Crippen molar-refractivity contribution in [2.24, 2.45) is 11.3 Å². The maximum absolute atomic E-state index is 10.6. The number of carbonyl (C=O) groups excluding carboxylic acids is 1. The molecule has 0 amide bonds. The van der Waals surface area contributed by atoms with Crippen molar-refractivity contribution in [3.8, 4) is 0 Å². The molecule has 1 rings (SSSR count). The van der Waals surface area contributed by atoms with Crippen LogP contribution in [-0.2, 0) is 4.79 Å². The van der Waals surface area contributed by atoms with Gasteiger partial charge in [-0.3, -0.25) is 4.79 Å². The summed E-state index contributed by atoms with van der Waals surface area (Å²) in [4.78, 5) is 10.6. The molecule has 2 heteroatoms. The molecule has 1 atom stereocenters. The summed E-state index contributed by atoms with van der Waals surface area (Å²) in [5.74, 6) is -0.0540. The van der Waals surface area contributed by atoms with Gasteiger partial charge in [0.25, 0.3) is 0 Å². The zero-order valence-corrected chi connectivity index (χ0v) is 7.20. The van der Waals surface area contributed by atoms with Crippen molar-refractivity contribution in [3.05, 3.63) is 11.6 Å². The van der Waals surface area contributed by atoms with Gasteiger partial charge in [0.1, 0.15) is 0 Å². The van der Waals surface area contributed by atoms with E-state index in [0.717, 1.165) is 0 Å². The van der Waals surface area contributed by atoms with E-state index in [4.69, 9.17) is 11.6 Å². The van der Waals surface area contributed by atoms with E-state index in [-0.39, 0.29) is 16.6 Å². The Kier molecular flexibility index (Phi) is 1.63. The van der Waals surface area contributed by atoms with Gasteiger partial charge in [-0.05, 0) is 17.0 Å². The minimum Gasteiger partial charge on any atom is -0.280 e. The molecule has 0 heterocycles. The highest BCUT2D eigenvalue weighted by Crippen LogP contribution is 2.44. The first-order valence-corrected chi connectivity index (χ1v) is 3.72. The first-order chi connectivity index (χ1) is 4.43. The standard InChI is InChI=1S/C8H11ClO/c1-8(2,3)6-4-5(6)7(9)10/h4-5H,1-3H3. The van der Waals surface area contributed by atoms with Gasteiger partial charge in [-0.2, -0.15) is 0 Å². The van der Waals surface area contributed by atoms with Gasteiger partial charge >= 0.3 is 0 Å². The number of hydrogen-bond acceptors (Lipinski definition) is 1. The molecule has 0 aliphatic heterocycles. The third kappa shape index (κ3) is 1.40. The van der Waals surface area contributed by atoms with E-state index >= 15 is 0 Å². The van der Waals surface area contributed by atoms with Crippen molar-refractivity contribution in [3.63, 3.8) is 0 Å². The van der Waals surface area contributed by atoms with Gasteiger partial charge in [0.2, 0.25) is 5.24 Å². The molecule has 0 aromatic heterocycles. The summed E-state index contributed by atoms with van der Waals surface area (Å²) >= 11 is 5.28. The Morgan fingerprint density at radius 3 is 2.20 bits per heavy atom. The molecule has 0 aromatic rings. The molecular weight excluding hydrogens is 148 g/mol. The molecule has 0 saturated carbocycles. The van der Waals surface area contributed by atoms with E-state index in [1.807, 2.05) is 6.08 Å². The van der Waals surface area contributed by atoms with Crippen molar-refractivity contribution < 1.29 is 4.79 Å². The highest BCUT2D eigenvalue weighted by molar-refractivity contribution is 6.65. The van der Waals surface area contributed by atoms with Gasteiger partial charge in [0, 0.05) is 0 Å². The largest absolute Gasteiger partial charge is 0.280 e. The van der Waals surface area contributed by atoms with Gasteiger partial charge in [0.15, 0.2) is 0 Å². The minimum absolute atomic E-state index is 0.0540. The molecule has 0 bridgehead atoms. The van der Waals surface area contributed by atoms with Crippen LogP contribution in [0.4, 0.5) is 0 Å². The molecule has 0 saturated heterocycles. The van der Waals surface area contributed by atoms with E-state index in [0.29, 0.717) is 0 Å². The second kappa shape index (κ2) is 2.09. The summed E-state index contributed by atoms with van der Waals surface area (Å²) in [6.07, 6.45) is 1.93. The smallest absolute Gasteiger partial charge is 0.232 e. The van der Waals surface area contributed by atoms with Crippen molar-refractivity contribution in [2.45, 2.75) is 20.8 Å². The lowest BCUT2D eigenvalue weighted by atomic mass is 9.91. The molecule has 1 aliphatic rings. The summed E-state index contributed by atoms with van der Waals surface area (Å²) in [5.41, 5.74) is 1.29. The maximum atomic E-state index is 10.6. The van der Waals surface area contributed by atoms with Crippen LogP contribution in [0.3, 0.4) is 0 Å². The summed E-state index contributed by atoms with van der Waals surface area (Å²) in [7, 11) is 0. The third-order valence-corrected chi connectivity index (χ3v) is 1.92. The molecule has 1 aliphatic carbocycles. The predicted octanol–water partition coefficient (Wildman–Crippen LogP) is 2.35. The molecule has 1 nitrogen and oxygen atoms in total. The van der Waals surface area contributed by atoms with Crippen LogP contribution in [0.5, 0.6) is 0 Å². The normalized spacial score (nSPS) is 24.0. The van der Waals surface area contributed by atoms with Crippen LogP contribution >= 0.6 is 11.6 Å². The number of halogens is 1. The van der Waals surface area contributed by atoms with Crippen LogP contribution in [0, 0.1) is 11.3 Å². The number of allylic oxidation sites excluding steroid dienone is 2. The van der Waals surface area contributed by atoms with Gasteiger partial charge in [-0.15, -0.1) is 0 Å². The zero-order valence-electron chi connectivity index (χ0n) is 6.44. The predicted molar refractivity (Wildman–Crippen MR) is 41.9 cm³/mol. The molecular formula is C8H11ClO.